The quantitative estimate of drug-likeness (QED) is 0.745. The minimum atomic E-state index is -3.47. The van der Waals surface area contributed by atoms with Crippen molar-refractivity contribution in [1.29, 1.82) is 0 Å². The average Bonchev–Trinajstić information content (AvgIpc) is 2.73. The molecule has 0 aliphatic carbocycles. The Bertz CT molecular complexity index is 482. The number of nitrogens with zero attached hydrogens (tertiary/aromatic N) is 2. The third-order valence-electron chi connectivity index (χ3n) is 2.69. The Kier molecular flexibility index (Phi) is 5.96. The zero-order valence-corrected chi connectivity index (χ0v) is 12.7. The fourth-order valence-electron chi connectivity index (χ4n) is 1.95. The molecule has 0 radical (unpaired) electrons. The van der Waals surface area contributed by atoms with Crippen molar-refractivity contribution in [2.45, 2.75) is 51.1 Å². The first-order valence-electron chi connectivity index (χ1n) is 6.60. The Morgan fingerprint density at radius 3 is 2.68 bits per heavy atom. The van der Waals surface area contributed by atoms with Gasteiger partial charge in [0.1, 0.15) is 4.90 Å². The van der Waals surface area contributed by atoms with Gasteiger partial charge in [0.15, 0.2) is 0 Å². The molecule has 19 heavy (non-hydrogen) atoms. The molecule has 1 aromatic rings. The van der Waals surface area contributed by atoms with Crippen LogP contribution in [-0.4, -0.2) is 30.8 Å². The SMILES string of the molecule is CC(C)CC(C)NS(=O)(=O)c1cnn(CCCN)c1. The van der Waals surface area contributed by atoms with Crippen molar-refractivity contribution in [1.82, 2.24) is 14.5 Å². The van der Waals surface area contributed by atoms with Crippen LogP contribution in [-0.2, 0) is 16.6 Å². The van der Waals surface area contributed by atoms with E-state index in [1.54, 1.807) is 10.9 Å². The molecule has 3 N–H and O–H groups in total. The summed E-state index contributed by atoms with van der Waals surface area (Å²) >= 11 is 0. The lowest BCUT2D eigenvalue weighted by molar-refractivity contribution is 0.482. The Morgan fingerprint density at radius 1 is 1.42 bits per heavy atom. The van der Waals surface area contributed by atoms with E-state index in [0.29, 0.717) is 19.0 Å². The largest absolute Gasteiger partial charge is 0.330 e. The third-order valence-corrected chi connectivity index (χ3v) is 4.24. The second-order valence-electron chi connectivity index (χ2n) is 5.23. The van der Waals surface area contributed by atoms with Crippen LogP contribution in [0, 0.1) is 5.92 Å². The third kappa shape index (κ3) is 5.30. The minimum absolute atomic E-state index is 0.0857. The number of aromatic nitrogens is 2. The molecule has 6 nitrogen and oxygen atoms in total. The second kappa shape index (κ2) is 7.02. The molecule has 0 fully saturated rings. The molecule has 110 valence electrons. The van der Waals surface area contributed by atoms with Gasteiger partial charge in [0.05, 0.1) is 6.20 Å². The van der Waals surface area contributed by atoms with Gasteiger partial charge in [-0.3, -0.25) is 4.68 Å². The summed E-state index contributed by atoms with van der Waals surface area (Å²) in [7, 11) is -3.47. The van der Waals surface area contributed by atoms with E-state index in [-0.39, 0.29) is 10.9 Å². The van der Waals surface area contributed by atoms with Gasteiger partial charge in [-0.15, -0.1) is 0 Å². The number of nitrogens with two attached hydrogens (primary N) is 1. The summed E-state index contributed by atoms with van der Waals surface area (Å²) in [5, 5.41) is 4.03. The van der Waals surface area contributed by atoms with Crippen molar-refractivity contribution < 1.29 is 8.42 Å². The molecule has 1 heterocycles. The summed E-state index contributed by atoms with van der Waals surface area (Å²) in [4.78, 5) is 0.208. The Labute approximate surface area is 115 Å². The zero-order valence-electron chi connectivity index (χ0n) is 11.8. The fraction of sp³-hybridized carbons (Fsp3) is 0.750. The van der Waals surface area contributed by atoms with Gasteiger partial charge >= 0.3 is 0 Å². The highest BCUT2D eigenvalue weighted by atomic mass is 32.2. The molecule has 7 heteroatoms. The topological polar surface area (TPSA) is 90.0 Å². The fourth-order valence-corrected chi connectivity index (χ4v) is 3.16. The van der Waals surface area contributed by atoms with E-state index in [0.717, 1.165) is 12.8 Å². The van der Waals surface area contributed by atoms with Crippen LogP contribution < -0.4 is 10.5 Å². The molecule has 1 atom stereocenters. The maximum atomic E-state index is 12.1. The van der Waals surface area contributed by atoms with Crippen LogP contribution in [0.3, 0.4) is 0 Å². The van der Waals surface area contributed by atoms with Crippen LogP contribution in [0.2, 0.25) is 0 Å². The molecular formula is C12H24N4O2S. The van der Waals surface area contributed by atoms with Crippen molar-refractivity contribution >= 4 is 10.0 Å². The summed E-state index contributed by atoms with van der Waals surface area (Å²) in [6.45, 7) is 7.20. The lowest BCUT2D eigenvalue weighted by atomic mass is 10.1. The highest BCUT2D eigenvalue weighted by molar-refractivity contribution is 7.89. The summed E-state index contributed by atoms with van der Waals surface area (Å²) in [5.74, 6) is 0.449. The van der Waals surface area contributed by atoms with E-state index in [9.17, 15) is 8.42 Å². The predicted octanol–water partition coefficient (Wildman–Crippen LogP) is 0.945. The zero-order chi connectivity index (χ0) is 14.5. The van der Waals surface area contributed by atoms with Crippen LogP contribution in [0.25, 0.3) is 0 Å². The number of aryl methyl sites for hydroxylation is 1. The molecular weight excluding hydrogens is 264 g/mol. The standard InChI is InChI=1S/C12H24N4O2S/c1-10(2)7-11(3)15-19(17,18)12-8-14-16(9-12)6-4-5-13/h8-11,15H,4-7,13H2,1-3H3. The normalized spacial score (nSPS) is 13.9. The van der Waals surface area contributed by atoms with Crippen LogP contribution in [0.4, 0.5) is 0 Å². The summed E-state index contributed by atoms with van der Waals surface area (Å²) in [6, 6.07) is -0.0857. The molecule has 0 spiro atoms. The van der Waals surface area contributed by atoms with Crippen LogP contribution in [0.5, 0.6) is 0 Å². The number of nitrogens with one attached hydrogen (secondary N) is 1. The maximum absolute atomic E-state index is 12.1. The number of rotatable bonds is 8. The molecule has 0 aromatic carbocycles. The van der Waals surface area contributed by atoms with Crippen LogP contribution in [0.15, 0.2) is 17.3 Å². The molecule has 0 aliphatic rings. The molecule has 0 aliphatic heterocycles. The van der Waals surface area contributed by atoms with Gasteiger partial charge in [0, 0.05) is 18.8 Å². The lowest BCUT2D eigenvalue weighted by Gasteiger charge is -2.15. The van der Waals surface area contributed by atoms with Gasteiger partial charge in [0.25, 0.3) is 0 Å². The van der Waals surface area contributed by atoms with E-state index in [1.165, 1.54) is 6.20 Å². The molecule has 1 rings (SSSR count). The molecule has 0 amide bonds. The Hall–Kier alpha value is -0.920. The summed E-state index contributed by atoms with van der Waals surface area (Å²) < 4.78 is 28.5. The first-order chi connectivity index (χ1) is 8.85. The van der Waals surface area contributed by atoms with E-state index < -0.39 is 10.0 Å². The second-order valence-corrected chi connectivity index (χ2v) is 6.95. The molecule has 0 saturated heterocycles. The van der Waals surface area contributed by atoms with Crippen LogP contribution >= 0.6 is 0 Å². The first kappa shape index (κ1) is 16.1. The van der Waals surface area contributed by atoms with E-state index >= 15 is 0 Å². The molecule has 1 unspecified atom stereocenters. The van der Waals surface area contributed by atoms with Gasteiger partial charge in [-0.2, -0.15) is 5.10 Å². The van der Waals surface area contributed by atoms with Crippen molar-refractivity contribution in [3.63, 3.8) is 0 Å². The van der Waals surface area contributed by atoms with Crippen LogP contribution in [0.1, 0.15) is 33.6 Å². The molecule has 1 aromatic heterocycles. The van der Waals surface area contributed by atoms with E-state index in [2.05, 4.69) is 23.7 Å². The summed E-state index contributed by atoms with van der Waals surface area (Å²) in [5.41, 5.74) is 5.41. The monoisotopic (exact) mass is 288 g/mol. The minimum Gasteiger partial charge on any atom is -0.330 e. The van der Waals surface area contributed by atoms with Gasteiger partial charge < -0.3 is 5.73 Å². The lowest BCUT2D eigenvalue weighted by Crippen LogP contribution is -2.33. The number of hydrogen-bond acceptors (Lipinski definition) is 4. The number of sulfonamides is 1. The van der Waals surface area contributed by atoms with Crippen molar-refractivity contribution in [3.8, 4) is 0 Å². The summed E-state index contributed by atoms with van der Waals surface area (Å²) in [6.07, 6.45) is 4.50. The Balaban J connectivity index is 2.69. The van der Waals surface area contributed by atoms with Gasteiger partial charge in [-0.25, -0.2) is 13.1 Å². The Morgan fingerprint density at radius 2 is 2.11 bits per heavy atom. The van der Waals surface area contributed by atoms with E-state index in [1.807, 2.05) is 6.92 Å². The van der Waals surface area contributed by atoms with Gasteiger partial charge in [0.2, 0.25) is 10.0 Å². The van der Waals surface area contributed by atoms with Crippen molar-refractivity contribution in [2.75, 3.05) is 6.54 Å². The van der Waals surface area contributed by atoms with Gasteiger partial charge in [-0.1, -0.05) is 13.8 Å². The molecule has 0 saturated carbocycles. The first-order valence-corrected chi connectivity index (χ1v) is 8.08. The highest BCUT2D eigenvalue weighted by Crippen LogP contribution is 2.11. The maximum Gasteiger partial charge on any atom is 0.243 e. The number of hydrogen-bond donors (Lipinski definition) is 2. The van der Waals surface area contributed by atoms with Crippen molar-refractivity contribution in [2.24, 2.45) is 11.7 Å². The van der Waals surface area contributed by atoms with E-state index in [4.69, 9.17) is 5.73 Å². The highest BCUT2D eigenvalue weighted by Gasteiger charge is 2.19. The predicted molar refractivity (Wildman–Crippen MR) is 75.1 cm³/mol. The molecule has 0 bridgehead atoms. The smallest absolute Gasteiger partial charge is 0.243 e. The average molecular weight is 288 g/mol. The van der Waals surface area contributed by atoms with Gasteiger partial charge in [-0.05, 0) is 32.2 Å². The van der Waals surface area contributed by atoms with Crippen molar-refractivity contribution in [3.05, 3.63) is 12.4 Å².